The van der Waals surface area contributed by atoms with E-state index < -0.39 is 0 Å². The number of nitrogens with zero attached hydrogens (tertiary/aromatic N) is 1. The average Bonchev–Trinajstić information content (AvgIpc) is 3.20. The second-order valence-corrected chi connectivity index (χ2v) is 11.7. The van der Waals surface area contributed by atoms with E-state index in [2.05, 4.69) is 83.0 Å². The van der Waals surface area contributed by atoms with Crippen LogP contribution in [-0.4, -0.2) is 18.6 Å². The van der Waals surface area contributed by atoms with E-state index in [-0.39, 0.29) is 5.97 Å². The quantitative estimate of drug-likeness (QED) is 0.301. The van der Waals surface area contributed by atoms with Crippen molar-refractivity contribution < 1.29 is 9.53 Å². The molecular formula is C34H40N2O2. The zero-order valence-corrected chi connectivity index (χ0v) is 22.5. The maximum Gasteiger partial charge on any atom is 0.338 e. The van der Waals surface area contributed by atoms with Crippen LogP contribution in [0.3, 0.4) is 0 Å². The zero-order chi connectivity index (χ0) is 25.9. The number of hydrogen-bond acceptors (Lipinski definition) is 4. The number of fused-ring (bicyclic) bond motifs is 1. The van der Waals surface area contributed by atoms with Crippen molar-refractivity contribution >= 4 is 17.3 Å². The lowest BCUT2D eigenvalue weighted by molar-refractivity contribution is 0.0526. The molecule has 4 fully saturated rings. The summed E-state index contributed by atoms with van der Waals surface area (Å²) in [5, 5.41) is 4.08. The summed E-state index contributed by atoms with van der Waals surface area (Å²) in [4.78, 5) is 15.2. The highest BCUT2D eigenvalue weighted by Gasteiger charge is 2.46. The number of benzene rings is 3. The number of rotatable bonds is 9. The molecule has 4 heteroatoms. The van der Waals surface area contributed by atoms with Crippen molar-refractivity contribution in [1.82, 2.24) is 0 Å². The van der Waals surface area contributed by atoms with E-state index in [0.717, 1.165) is 48.1 Å². The van der Waals surface area contributed by atoms with Crippen LogP contribution in [0.1, 0.15) is 66.9 Å². The third-order valence-corrected chi connectivity index (χ3v) is 9.15. The van der Waals surface area contributed by atoms with E-state index in [1.165, 1.54) is 49.7 Å². The highest BCUT2D eigenvalue weighted by Crippen LogP contribution is 2.52. The SMILES string of the molecule is CCOC(=O)c1ccc(NC2C3CC4CCC(C3)CC2C4)c(N(Cc2ccccc2)Cc2ccccc2)c1. The van der Waals surface area contributed by atoms with E-state index in [1.807, 2.05) is 13.0 Å². The number of nitrogens with one attached hydrogen (secondary N) is 1. The van der Waals surface area contributed by atoms with Crippen molar-refractivity contribution in [3.8, 4) is 0 Å². The van der Waals surface area contributed by atoms with E-state index in [9.17, 15) is 4.79 Å². The molecule has 0 aromatic heterocycles. The smallest absolute Gasteiger partial charge is 0.338 e. The van der Waals surface area contributed by atoms with Crippen molar-refractivity contribution in [2.75, 3.05) is 16.8 Å². The topological polar surface area (TPSA) is 41.6 Å². The third-order valence-electron chi connectivity index (χ3n) is 9.15. The van der Waals surface area contributed by atoms with Gasteiger partial charge in [-0.1, -0.05) is 73.5 Å². The number of ether oxygens (including phenoxy) is 1. The maximum absolute atomic E-state index is 12.8. The van der Waals surface area contributed by atoms with Crippen LogP contribution in [0.25, 0.3) is 0 Å². The molecule has 4 aliphatic carbocycles. The largest absolute Gasteiger partial charge is 0.462 e. The molecule has 4 aliphatic rings. The van der Waals surface area contributed by atoms with Crippen molar-refractivity contribution in [2.24, 2.45) is 23.7 Å². The molecule has 0 radical (unpaired) electrons. The molecule has 0 amide bonds. The predicted octanol–water partition coefficient (Wildman–Crippen LogP) is 7.70. The van der Waals surface area contributed by atoms with Crippen molar-refractivity contribution in [3.05, 3.63) is 95.6 Å². The summed E-state index contributed by atoms with van der Waals surface area (Å²) in [7, 11) is 0. The molecule has 0 aliphatic heterocycles. The van der Waals surface area contributed by atoms with Gasteiger partial charge in [0.2, 0.25) is 0 Å². The Morgan fingerprint density at radius 3 is 1.89 bits per heavy atom. The molecule has 0 unspecified atom stereocenters. The molecule has 4 saturated carbocycles. The first kappa shape index (κ1) is 25.0. The van der Waals surface area contributed by atoms with Gasteiger partial charge >= 0.3 is 5.97 Å². The van der Waals surface area contributed by atoms with Crippen LogP contribution in [-0.2, 0) is 17.8 Å². The van der Waals surface area contributed by atoms with Gasteiger partial charge in [0, 0.05) is 19.1 Å². The van der Waals surface area contributed by atoms with Crippen molar-refractivity contribution in [2.45, 2.75) is 64.6 Å². The Kier molecular flexibility index (Phi) is 7.40. The summed E-state index contributed by atoms with van der Waals surface area (Å²) in [6, 6.07) is 27.9. The van der Waals surface area contributed by atoms with Gasteiger partial charge in [-0.25, -0.2) is 4.79 Å². The Balaban J connectivity index is 1.37. The minimum Gasteiger partial charge on any atom is -0.462 e. The summed E-state index contributed by atoms with van der Waals surface area (Å²) in [6.45, 7) is 3.76. The van der Waals surface area contributed by atoms with Gasteiger partial charge in [-0.3, -0.25) is 0 Å². The monoisotopic (exact) mass is 508 g/mol. The number of esters is 1. The van der Waals surface area contributed by atoms with Crippen molar-refractivity contribution in [3.63, 3.8) is 0 Å². The van der Waals surface area contributed by atoms with Gasteiger partial charge in [0.1, 0.15) is 0 Å². The summed E-state index contributed by atoms with van der Waals surface area (Å²) < 4.78 is 5.40. The average molecular weight is 509 g/mol. The Hall–Kier alpha value is -3.27. The normalized spacial score (nSPS) is 25.6. The molecule has 4 nitrogen and oxygen atoms in total. The Bertz CT molecular complexity index is 1150. The van der Waals surface area contributed by atoms with Crippen LogP contribution in [0.5, 0.6) is 0 Å². The molecule has 0 saturated heterocycles. The van der Waals surface area contributed by atoms with E-state index in [4.69, 9.17) is 4.74 Å². The fourth-order valence-electron chi connectivity index (χ4n) is 7.52. The molecule has 3 aromatic carbocycles. The van der Waals surface area contributed by atoms with Crippen molar-refractivity contribution in [1.29, 1.82) is 0 Å². The van der Waals surface area contributed by atoms with Gasteiger partial charge in [-0.15, -0.1) is 0 Å². The zero-order valence-electron chi connectivity index (χ0n) is 22.5. The minimum absolute atomic E-state index is 0.259. The lowest BCUT2D eigenvalue weighted by Crippen LogP contribution is -2.46. The van der Waals surface area contributed by atoms with Gasteiger partial charge in [0.25, 0.3) is 0 Å². The van der Waals surface area contributed by atoms with E-state index >= 15 is 0 Å². The van der Waals surface area contributed by atoms with Gasteiger partial charge in [-0.2, -0.15) is 0 Å². The molecule has 0 atom stereocenters. The third kappa shape index (κ3) is 5.45. The summed E-state index contributed by atoms with van der Waals surface area (Å²) in [5.74, 6) is 3.11. The molecule has 7 rings (SSSR count). The Morgan fingerprint density at radius 2 is 1.37 bits per heavy atom. The summed E-state index contributed by atoms with van der Waals surface area (Å²) in [6.07, 6.45) is 8.37. The van der Waals surface area contributed by atoms with Crippen LogP contribution in [0, 0.1) is 23.7 Å². The van der Waals surface area contributed by atoms with Gasteiger partial charge in [-0.05, 0) is 85.6 Å². The van der Waals surface area contributed by atoms with Crippen LogP contribution in [0.4, 0.5) is 11.4 Å². The molecule has 1 N–H and O–H groups in total. The van der Waals surface area contributed by atoms with Gasteiger partial charge in [0.05, 0.1) is 23.5 Å². The fraction of sp³-hybridized carbons (Fsp3) is 0.441. The van der Waals surface area contributed by atoms with Crippen LogP contribution in [0.15, 0.2) is 78.9 Å². The molecule has 3 aromatic rings. The molecule has 38 heavy (non-hydrogen) atoms. The second-order valence-electron chi connectivity index (χ2n) is 11.7. The number of carbonyl (C=O) groups is 1. The summed E-state index contributed by atoms with van der Waals surface area (Å²) >= 11 is 0. The van der Waals surface area contributed by atoms with E-state index in [1.54, 1.807) is 0 Å². The number of hydrogen-bond donors (Lipinski definition) is 1. The van der Waals surface area contributed by atoms with Crippen LogP contribution in [0.2, 0.25) is 0 Å². The molecule has 4 bridgehead atoms. The first-order chi connectivity index (χ1) is 18.7. The number of anilines is 2. The first-order valence-electron chi connectivity index (χ1n) is 14.6. The first-order valence-corrected chi connectivity index (χ1v) is 14.6. The maximum atomic E-state index is 12.8. The second kappa shape index (κ2) is 11.2. The predicted molar refractivity (Wildman–Crippen MR) is 154 cm³/mol. The Morgan fingerprint density at radius 1 is 0.816 bits per heavy atom. The summed E-state index contributed by atoms with van der Waals surface area (Å²) in [5.41, 5.74) is 5.33. The highest BCUT2D eigenvalue weighted by atomic mass is 16.5. The van der Waals surface area contributed by atoms with Gasteiger partial charge in [0.15, 0.2) is 0 Å². The molecule has 0 heterocycles. The van der Waals surface area contributed by atoms with E-state index in [0.29, 0.717) is 18.2 Å². The molecule has 0 spiro atoms. The van der Waals surface area contributed by atoms with Crippen LogP contribution < -0.4 is 10.2 Å². The lowest BCUT2D eigenvalue weighted by Gasteiger charge is -2.46. The Labute approximate surface area is 227 Å². The number of carbonyl (C=O) groups excluding carboxylic acids is 1. The standard InChI is InChI=1S/C34H40N2O2/c1-2-38-34(37)28-15-16-31(35-33-29-17-26-13-14-27(19-29)20-30(33)18-26)32(21-28)36(22-24-9-5-3-6-10-24)23-25-11-7-4-8-12-25/h3-12,15-16,21,26-27,29-30,33,35H,2,13-14,17-20,22-23H2,1H3. The van der Waals surface area contributed by atoms with Gasteiger partial charge < -0.3 is 15.0 Å². The lowest BCUT2D eigenvalue weighted by atomic mass is 9.64. The fourth-order valence-corrected chi connectivity index (χ4v) is 7.52. The highest BCUT2D eigenvalue weighted by molar-refractivity contribution is 5.92. The molecular weight excluding hydrogens is 468 g/mol. The van der Waals surface area contributed by atoms with Crippen LogP contribution >= 0.6 is 0 Å². The molecule has 198 valence electrons. The minimum atomic E-state index is -0.259.